The molecule has 3 saturated heterocycles. The Bertz CT molecular complexity index is 625. The summed E-state index contributed by atoms with van der Waals surface area (Å²) in [5, 5.41) is 4.07. The van der Waals surface area contributed by atoms with Crippen molar-refractivity contribution in [2.75, 3.05) is 26.2 Å². The number of rotatable bonds is 3. The fraction of sp³-hybridized carbons (Fsp3) is 0.750. The van der Waals surface area contributed by atoms with E-state index in [2.05, 4.69) is 10.1 Å². The second kappa shape index (κ2) is 6.16. The van der Waals surface area contributed by atoms with Gasteiger partial charge in [-0.25, -0.2) is 4.98 Å². The van der Waals surface area contributed by atoms with Crippen molar-refractivity contribution in [1.82, 2.24) is 24.6 Å². The maximum atomic E-state index is 12.4. The van der Waals surface area contributed by atoms with Gasteiger partial charge in [0.1, 0.15) is 6.33 Å². The molecule has 0 saturated carbocycles. The number of aromatic nitrogens is 3. The number of hydrogen-bond donors (Lipinski definition) is 0. The highest BCUT2D eigenvalue weighted by Gasteiger charge is 2.44. The van der Waals surface area contributed by atoms with E-state index in [0.29, 0.717) is 25.4 Å². The van der Waals surface area contributed by atoms with Crippen molar-refractivity contribution in [2.45, 2.75) is 37.9 Å². The highest BCUT2D eigenvalue weighted by Crippen LogP contribution is 2.35. The molecule has 8 nitrogen and oxygen atoms in total. The summed E-state index contributed by atoms with van der Waals surface area (Å²) < 4.78 is 7.58. The third-order valence-electron chi connectivity index (χ3n) is 5.25. The smallest absolute Gasteiger partial charge is 0.293 e. The molecule has 3 atom stereocenters. The predicted molar refractivity (Wildman–Crippen MR) is 84.1 cm³/mol. The van der Waals surface area contributed by atoms with Gasteiger partial charge in [0.2, 0.25) is 11.7 Å². The van der Waals surface area contributed by atoms with Gasteiger partial charge in [-0.1, -0.05) is 0 Å². The van der Waals surface area contributed by atoms with Crippen LogP contribution in [0.15, 0.2) is 6.33 Å². The average molecular weight is 333 g/mol. The Morgan fingerprint density at radius 2 is 2.04 bits per heavy atom. The van der Waals surface area contributed by atoms with E-state index in [-0.39, 0.29) is 29.8 Å². The fourth-order valence-corrected chi connectivity index (χ4v) is 4.03. The lowest BCUT2D eigenvalue weighted by molar-refractivity contribution is -0.132. The molecule has 3 aliphatic rings. The minimum atomic E-state index is -0.140. The third kappa shape index (κ3) is 2.90. The third-order valence-corrected chi connectivity index (χ3v) is 5.25. The predicted octanol–water partition coefficient (Wildman–Crippen LogP) is 0.0571. The first kappa shape index (κ1) is 15.6. The van der Waals surface area contributed by atoms with Crippen LogP contribution in [0.4, 0.5) is 0 Å². The van der Waals surface area contributed by atoms with Gasteiger partial charge in [0, 0.05) is 39.1 Å². The zero-order valence-electron chi connectivity index (χ0n) is 13.9. The van der Waals surface area contributed by atoms with Crippen molar-refractivity contribution in [2.24, 2.45) is 13.0 Å². The molecular formula is C16H23N5O3. The van der Waals surface area contributed by atoms with Gasteiger partial charge >= 0.3 is 0 Å². The number of carbonyl (C=O) groups is 2. The first-order valence-corrected chi connectivity index (χ1v) is 8.68. The summed E-state index contributed by atoms with van der Waals surface area (Å²) in [6.07, 6.45) is 5.11. The summed E-state index contributed by atoms with van der Waals surface area (Å²) in [6, 6.07) is 0. The molecule has 0 spiro atoms. The van der Waals surface area contributed by atoms with Crippen LogP contribution in [0.5, 0.6) is 0 Å². The lowest BCUT2D eigenvalue weighted by Gasteiger charge is -2.20. The summed E-state index contributed by atoms with van der Waals surface area (Å²) in [5.41, 5.74) is 0. The van der Waals surface area contributed by atoms with Crippen molar-refractivity contribution in [3.05, 3.63) is 12.2 Å². The lowest BCUT2D eigenvalue weighted by atomic mass is 10.0. The van der Waals surface area contributed by atoms with Gasteiger partial charge < -0.3 is 14.5 Å². The van der Waals surface area contributed by atoms with Crippen LogP contribution in [-0.2, 0) is 16.6 Å². The summed E-state index contributed by atoms with van der Waals surface area (Å²) in [5.74, 6) is 0.619. The number of likely N-dealkylation sites (tertiary alicyclic amines) is 2. The van der Waals surface area contributed by atoms with Crippen molar-refractivity contribution >= 4 is 11.8 Å². The monoisotopic (exact) mass is 333 g/mol. The Morgan fingerprint density at radius 1 is 1.25 bits per heavy atom. The minimum absolute atomic E-state index is 0.00155. The minimum Gasteiger partial charge on any atom is -0.372 e. The molecule has 2 amide bonds. The Balaban J connectivity index is 1.30. The number of amides is 2. The van der Waals surface area contributed by atoms with E-state index in [4.69, 9.17) is 4.74 Å². The molecule has 0 aliphatic carbocycles. The zero-order chi connectivity index (χ0) is 16.7. The summed E-state index contributed by atoms with van der Waals surface area (Å²) in [4.78, 5) is 32.4. The lowest BCUT2D eigenvalue weighted by Crippen LogP contribution is -2.34. The number of hydrogen-bond acceptors (Lipinski definition) is 5. The molecule has 8 heteroatoms. The fourth-order valence-electron chi connectivity index (χ4n) is 4.03. The number of fused-ring (bicyclic) bond motifs is 1. The van der Waals surface area contributed by atoms with Crippen molar-refractivity contribution < 1.29 is 14.3 Å². The molecule has 0 bridgehead atoms. The summed E-state index contributed by atoms with van der Waals surface area (Å²) >= 11 is 0. The Labute approximate surface area is 140 Å². The average Bonchev–Trinajstić information content (AvgIpc) is 3.29. The van der Waals surface area contributed by atoms with Crippen LogP contribution >= 0.6 is 0 Å². The van der Waals surface area contributed by atoms with Gasteiger partial charge in [-0.3, -0.25) is 14.3 Å². The molecule has 24 heavy (non-hydrogen) atoms. The summed E-state index contributed by atoms with van der Waals surface area (Å²) in [6.45, 7) is 3.00. The normalized spacial score (nSPS) is 29.3. The molecule has 130 valence electrons. The van der Waals surface area contributed by atoms with E-state index >= 15 is 0 Å². The quantitative estimate of drug-likeness (QED) is 0.781. The van der Waals surface area contributed by atoms with E-state index < -0.39 is 0 Å². The highest BCUT2D eigenvalue weighted by atomic mass is 16.5. The van der Waals surface area contributed by atoms with Crippen LogP contribution < -0.4 is 0 Å². The topological polar surface area (TPSA) is 80.6 Å². The number of carbonyl (C=O) groups excluding carboxylic acids is 2. The van der Waals surface area contributed by atoms with Crippen molar-refractivity contribution in [1.29, 1.82) is 0 Å². The SMILES string of the molecule is Cn1cnc(C(=O)N2C[C@@H]3C[C@@H](CC(=O)N4CCCC4)O[C@@H]3C2)n1. The van der Waals surface area contributed by atoms with Crippen LogP contribution in [0, 0.1) is 5.92 Å². The van der Waals surface area contributed by atoms with E-state index in [0.717, 1.165) is 32.4 Å². The van der Waals surface area contributed by atoms with Crippen molar-refractivity contribution in [3.63, 3.8) is 0 Å². The van der Waals surface area contributed by atoms with Gasteiger partial charge in [0.15, 0.2) is 0 Å². The molecule has 3 aliphatic heterocycles. The zero-order valence-corrected chi connectivity index (χ0v) is 13.9. The van der Waals surface area contributed by atoms with E-state index in [1.54, 1.807) is 11.9 Å². The molecule has 0 N–H and O–H groups in total. The van der Waals surface area contributed by atoms with Crippen LogP contribution in [0.25, 0.3) is 0 Å². The van der Waals surface area contributed by atoms with E-state index in [1.807, 2.05) is 4.90 Å². The van der Waals surface area contributed by atoms with Gasteiger partial charge in [0.25, 0.3) is 5.91 Å². The van der Waals surface area contributed by atoms with Crippen LogP contribution in [0.2, 0.25) is 0 Å². The van der Waals surface area contributed by atoms with E-state index in [1.165, 1.54) is 11.0 Å². The Hall–Kier alpha value is -1.96. The van der Waals surface area contributed by atoms with Crippen molar-refractivity contribution in [3.8, 4) is 0 Å². The number of ether oxygens (including phenoxy) is 1. The Kier molecular flexibility index (Phi) is 3.99. The number of nitrogens with zero attached hydrogens (tertiary/aromatic N) is 5. The first-order valence-electron chi connectivity index (χ1n) is 8.68. The van der Waals surface area contributed by atoms with Gasteiger partial charge in [0.05, 0.1) is 18.6 Å². The second-order valence-electron chi connectivity index (χ2n) is 7.04. The maximum absolute atomic E-state index is 12.4. The molecule has 4 heterocycles. The van der Waals surface area contributed by atoms with E-state index in [9.17, 15) is 9.59 Å². The standard InChI is InChI=1S/C16H23N5O3/c1-19-10-17-15(18-19)16(23)21-8-11-6-12(24-13(11)9-21)7-14(22)20-4-2-3-5-20/h10-13H,2-9H2,1H3/t11-,12-,13+/m0/s1. The molecule has 1 aromatic rings. The molecule has 3 fully saturated rings. The first-order chi connectivity index (χ1) is 11.6. The number of aryl methyl sites for hydroxylation is 1. The largest absolute Gasteiger partial charge is 0.372 e. The van der Waals surface area contributed by atoms with Crippen LogP contribution in [-0.4, -0.2) is 74.8 Å². The van der Waals surface area contributed by atoms with Crippen LogP contribution in [0.1, 0.15) is 36.3 Å². The second-order valence-corrected chi connectivity index (χ2v) is 7.04. The molecule has 0 aromatic carbocycles. The van der Waals surface area contributed by atoms with Gasteiger partial charge in [-0.15, -0.1) is 5.10 Å². The van der Waals surface area contributed by atoms with Gasteiger partial charge in [-0.2, -0.15) is 0 Å². The highest BCUT2D eigenvalue weighted by molar-refractivity contribution is 5.90. The van der Waals surface area contributed by atoms with Gasteiger partial charge in [-0.05, 0) is 19.3 Å². The Morgan fingerprint density at radius 3 is 2.71 bits per heavy atom. The maximum Gasteiger partial charge on any atom is 0.293 e. The molecule has 0 unspecified atom stereocenters. The molecule has 4 rings (SSSR count). The van der Waals surface area contributed by atoms with Crippen LogP contribution in [0.3, 0.4) is 0 Å². The molecule has 1 aromatic heterocycles. The molecule has 0 radical (unpaired) electrons. The summed E-state index contributed by atoms with van der Waals surface area (Å²) in [7, 11) is 1.74. The molecular weight excluding hydrogens is 310 g/mol.